The summed E-state index contributed by atoms with van der Waals surface area (Å²) >= 11 is 3.31. The molecule has 0 amide bonds. The lowest BCUT2D eigenvalue weighted by Crippen LogP contribution is -2.29. The van der Waals surface area contributed by atoms with Crippen LogP contribution in [0.4, 0.5) is 5.88 Å². The summed E-state index contributed by atoms with van der Waals surface area (Å²) in [6.07, 6.45) is 1.53. The van der Waals surface area contributed by atoms with E-state index in [9.17, 15) is 4.79 Å². The maximum atomic E-state index is 12.2. The highest BCUT2D eigenvalue weighted by molar-refractivity contribution is 7.99. The number of anilines is 1. The molecule has 2 aromatic rings. The van der Waals surface area contributed by atoms with Crippen LogP contribution in [0, 0.1) is 6.92 Å². The van der Waals surface area contributed by atoms with Crippen LogP contribution in [0.25, 0.3) is 11.2 Å². The maximum absolute atomic E-state index is 12.2. The minimum absolute atomic E-state index is 0.159. The highest BCUT2D eigenvalue weighted by atomic mass is 32.2. The number of thioether (sulfide) groups is 2. The molecule has 2 N–H and O–H groups in total. The first-order valence-electron chi connectivity index (χ1n) is 7.81. The van der Waals surface area contributed by atoms with Crippen LogP contribution in [-0.2, 0) is 0 Å². The first-order valence-corrected chi connectivity index (χ1v) is 10.1. The van der Waals surface area contributed by atoms with Gasteiger partial charge in [0.2, 0.25) is 11.0 Å². The fraction of sp³-hybridized carbons (Fsp3) is 0.562. The highest BCUT2D eigenvalue weighted by Crippen LogP contribution is 2.23. The van der Waals surface area contributed by atoms with E-state index in [0.717, 1.165) is 30.2 Å². The predicted molar refractivity (Wildman–Crippen MR) is 101 cm³/mol. The molecule has 0 aliphatic rings. The minimum Gasteiger partial charge on any atom is -0.456 e. The van der Waals surface area contributed by atoms with Crippen LogP contribution in [0.3, 0.4) is 0 Å². The van der Waals surface area contributed by atoms with Gasteiger partial charge < -0.3 is 23.9 Å². The zero-order valence-electron chi connectivity index (χ0n) is 13.7. The number of aliphatic hydroxyl groups excluding tert-OH is 2. The van der Waals surface area contributed by atoms with Gasteiger partial charge >= 0.3 is 0 Å². The second-order valence-electron chi connectivity index (χ2n) is 5.18. The van der Waals surface area contributed by atoms with Crippen molar-refractivity contribution in [1.29, 1.82) is 0 Å². The van der Waals surface area contributed by atoms with E-state index in [0.29, 0.717) is 23.0 Å². The molecular weight excluding hydrogens is 350 g/mol. The molecule has 2 aromatic heterocycles. The van der Waals surface area contributed by atoms with Crippen molar-refractivity contribution in [1.82, 2.24) is 0 Å². The van der Waals surface area contributed by atoms with Crippen LogP contribution in [0.5, 0.6) is 0 Å². The van der Waals surface area contributed by atoms with Crippen molar-refractivity contribution in [3.8, 4) is 0 Å². The third-order valence-corrected chi connectivity index (χ3v) is 5.28. The van der Waals surface area contributed by atoms with E-state index in [1.165, 1.54) is 12.3 Å². The van der Waals surface area contributed by atoms with Gasteiger partial charge in [0, 0.05) is 41.7 Å². The SMILES string of the molecule is Cc1coc2c(=O)cc(N(CCSCCO)CCSCCO)oc12. The zero-order chi connectivity index (χ0) is 17.4. The molecule has 2 rings (SSSR count). The summed E-state index contributed by atoms with van der Waals surface area (Å²) < 4.78 is 11.2. The summed E-state index contributed by atoms with van der Waals surface area (Å²) in [7, 11) is 0. The molecule has 0 fully saturated rings. The Morgan fingerprint density at radius 2 is 1.67 bits per heavy atom. The summed E-state index contributed by atoms with van der Waals surface area (Å²) in [5, 5.41) is 17.8. The van der Waals surface area contributed by atoms with Crippen molar-refractivity contribution in [2.24, 2.45) is 0 Å². The van der Waals surface area contributed by atoms with Crippen LogP contribution >= 0.6 is 23.5 Å². The Kier molecular flexibility index (Phi) is 8.04. The molecule has 0 aliphatic heterocycles. The third kappa shape index (κ3) is 5.20. The Hall–Kier alpha value is -1.09. The molecule has 0 unspecified atom stereocenters. The fourth-order valence-electron chi connectivity index (χ4n) is 2.21. The summed E-state index contributed by atoms with van der Waals surface area (Å²) in [6, 6.07) is 1.47. The number of rotatable bonds is 11. The first-order chi connectivity index (χ1) is 11.7. The average Bonchev–Trinajstić information content (AvgIpc) is 2.95. The normalized spacial score (nSPS) is 11.3. The molecule has 0 saturated heterocycles. The largest absolute Gasteiger partial charge is 0.456 e. The Morgan fingerprint density at radius 3 is 2.25 bits per heavy atom. The molecule has 0 spiro atoms. The molecule has 6 nitrogen and oxygen atoms in total. The Labute approximate surface area is 149 Å². The number of hydrogen-bond acceptors (Lipinski definition) is 8. The summed E-state index contributed by atoms with van der Waals surface area (Å²) in [5.74, 6) is 3.58. The number of aliphatic hydroxyl groups is 2. The van der Waals surface area contributed by atoms with Crippen molar-refractivity contribution in [3.63, 3.8) is 0 Å². The molecule has 0 aliphatic carbocycles. The number of furan rings is 1. The predicted octanol–water partition coefficient (Wildman–Crippen LogP) is 1.95. The Morgan fingerprint density at radius 1 is 1.04 bits per heavy atom. The van der Waals surface area contributed by atoms with Gasteiger partial charge in [-0.1, -0.05) is 0 Å². The van der Waals surface area contributed by atoms with Crippen LogP contribution in [0.2, 0.25) is 0 Å². The molecule has 0 radical (unpaired) electrons. The van der Waals surface area contributed by atoms with Gasteiger partial charge in [0.25, 0.3) is 0 Å². The average molecular weight is 373 g/mol. The van der Waals surface area contributed by atoms with Crippen molar-refractivity contribution >= 4 is 40.6 Å². The van der Waals surface area contributed by atoms with Gasteiger partial charge in [0.05, 0.1) is 25.5 Å². The van der Waals surface area contributed by atoms with E-state index in [-0.39, 0.29) is 24.2 Å². The number of aryl methyl sites for hydroxylation is 1. The van der Waals surface area contributed by atoms with E-state index in [4.69, 9.17) is 19.0 Å². The van der Waals surface area contributed by atoms with Crippen LogP contribution in [0.15, 0.2) is 26.0 Å². The monoisotopic (exact) mass is 373 g/mol. The van der Waals surface area contributed by atoms with Crippen molar-refractivity contribution < 1.29 is 19.0 Å². The molecule has 0 saturated carbocycles. The van der Waals surface area contributed by atoms with Gasteiger partial charge in [-0.25, -0.2) is 0 Å². The lowest BCUT2D eigenvalue weighted by Gasteiger charge is -2.22. The van der Waals surface area contributed by atoms with Gasteiger partial charge in [0.1, 0.15) is 0 Å². The number of hydrogen-bond donors (Lipinski definition) is 2. The summed E-state index contributed by atoms with van der Waals surface area (Å²) in [4.78, 5) is 14.2. The van der Waals surface area contributed by atoms with Crippen molar-refractivity contribution in [3.05, 3.63) is 28.1 Å². The van der Waals surface area contributed by atoms with Crippen LogP contribution in [0.1, 0.15) is 5.56 Å². The van der Waals surface area contributed by atoms with E-state index < -0.39 is 0 Å². The van der Waals surface area contributed by atoms with Crippen molar-refractivity contribution in [2.75, 3.05) is 54.2 Å². The molecule has 0 atom stereocenters. The lowest BCUT2D eigenvalue weighted by molar-refractivity contribution is 0.322. The highest BCUT2D eigenvalue weighted by Gasteiger charge is 2.15. The molecule has 8 heteroatoms. The fourth-order valence-corrected chi connectivity index (χ4v) is 3.58. The van der Waals surface area contributed by atoms with Gasteiger partial charge in [-0.15, -0.1) is 0 Å². The van der Waals surface area contributed by atoms with E-state index in [1.54, 1.807) is 23.5 Å². The molecule has 2 heterocycles. The standard InChI is InChI=1S/C16H23NO5S2/c1-12-11-21-16-13(20)10-14(22-15(12)16)17(2-6-23-8-4-18)3-7-24-9-5-19/h10-11,18-19H,2-9H2,1H3. The van der Waals surface area contributed by atoms with Gasteiger partial charge in [-0.2, -0.15) is 23.5 Å². The maximum Gasteiger partial charge on any atom is 0.230 e. The second-order valence-corrected chi connectivity index (χ2v) is 7.63. The second kappa shape index (κ2) is 10.0. The topological polar surface area (TPSA) is 87.1 Å². The number of fused-ring (bicyclic) bond motifs is 1. The first kappa shape index (κ1) is 19.2. The van der Waals surface area contributed by atoms with Gasteiger partial charge in [0.15, 0.2) is 11.5 Å². The summed E-state index contributed by atoms with van der Waals surface area (Å²) in [5.41, 5.74) is 1.36. The van der Waals surface area contributed by atoms with Crippen molar-refractivity contribution in [2.45, 2.75) is 6.92 Å². The van der Waals surface area contributed by atoms with E-state index in [1.807, 2.05) is 11.8 Å². The van der Waals surface area contributed by atoms with Gasteiger partial charge in [-0.3, -0.25) is 4.79 Å². The molecule has 0 bridgehead atoms. The van der Waals surface area contributed by atoms with E-state index >= 15 is 0 Å². The lowest BCUT2D eigenvalue weighted by atomic mass is 10.3. The molecule has 134 valence electrons. The summed E-state index contributed by atoms with van der Waals surface area (Å²) in [6.45, 7) is 3.60. The van der Waals surface area contributed by atoms with E-state index in [2.05, 4.69) is 0 Å². The van der Waals surface area contributed by atoms with Crippen LogP contribution < -0.4 is 10.3 Å². The molecule has 0 aromatic carbocycles. The third-order valence-electron chi connectivity index (χ3n) is 3.40. The quantitative estimate of drug-likeness (QED) is 0.578. The molecule has 24 heavy (non-hydrogen) atoms. The zero-order valence-corrected chi connectivity index (χ0v) is 15.3. The Balaban J connectivity index is 2.14. The smallest absolute Gasteiger partial charge is 0.230 e. The van der Waals surface area contributed by atoms with Gasteiger partial charge in [-0.05, 0) is 6.92 Å². The molecular formula is C16H23NO5S2. The Bertz CT molecular complexity index is 673. The minimum atomic E-state index is -0.185. The van der Waals surface area contributed by atoms with Crippen LogP contribution in [-0.4, -0.2) is 59.5 Å². The number of nitrogens with zero attached hydrogens (tertiary/aromatic N) is 1.